The van der Waals surface area contributed by atoms with Crippen molar-refractivity contribution in [3.8, 4) is 11.5 Å². The number of morpholine rings is 1. The zero-order chi connectivity index (χ0) is 21.9. The van der Waals surface area contributed by atoms with Gasteiger partial charge < -0.3 is 25.2 Å². The summed E-state index contributed by atoms with van der Waals surface area (Å²) in [7, 11) is 0. The van der Waals surface area contributed by atoms with Crippen LogP contribution in [-0.2, 0) is 11.3 Å². The lowest BCUT2D eigenvalue weighted by Gasteiger charge is -2.34. The van der Waals surface area contributed by atoms with Crippen LogP contribution in [0.1, 0.15) is 19.4 Å². The summed E-state index contributed by atoms with van der Waals surface area (Å²) in [6.07, 6.45) is 0. The Balaban J connectivity index is 1.51. The van der Waals surface area contributed by atoms with Gasteiger partial charge in [0.15, 0.2) is 5.96 Å². The number of nitrogens with one attached hydrogen (secondary N) is 2. The van der Waals surface area contributed by atoms with Crippen LogP contribution in [0.3, 0.4) is 0 Å². The largest absolute Gasteiger partial charge is 0.457 e. The zero-order valence-electron chi connectivity index (χ0n) is 18.5. The smallest absolute Gasteiger partial charge is 0.191 e. The monoisotopic (exact) mass is 426 g/mol. The maximum absolute atomic E-state index is 10.8. The van der Waals surface area contributed by atoms with Crippen molar-refractivity contribution in [1.29, 1.82) is 0 Å². The highest BCUT2D eigenvalue weighted by Crippen LogP contribution is 2.21. The molecule has 7 heteroatoms. The molecule has 168 valence electrons. The van der Waals surface area contributed by atoms with Crippen molar-refractivity contribution in [2.45, 2.75) is 26.0 Å². The maximum Gasteiger partial charge on any atom is 0.191 e. The van der Waals surface area contributed by atoms with Crippen LogP contribution in [-0.4, -0.2) is 67.5 Å². The molecule has 1 aliphatic rings. The normalized spacial score (nSPS) is 17.1. The number of β-amino-alcohol motifs (C(OH)–C–C–N with tert-alkyl or cyclic N) is 1. The van der Waals surface area contributed by atoms with Gasteiger partial charge in [0, 0.05) is 32.7 Å². The lowest BCUT2D eigenvalue weighted by Crippen LogP contribution is -2.52. The average Bonchev–Trinajstić information content (AvgIpc) is 2.78. The van der Waals surface area contributed by atoms with Gasteiger partial charge in [0.2, 0.25) is 0 Å². The maximum atomic E-state index is 10.8. The van der Waals surface area contributed by atoms with E-state index in [1.807, 2.05) is 68.4 Å². The predicted octanol–water partition coefficient (Wildman–Crippen LogP) is 2.62. The third-order valence-corrected chi connectivity index (χ3v) is 4.97. The van der Waals surface area contributed by atoms with Gasteiger partial charge in [-0.25, -0.2) is 4.99 Å². The third kappa shape index (κ3) is 8.20. The molecule has 1 atom stereocenters. The van der Waals surface area contributed by atoms with Gasteiger partial charge in [-0.05, 0) is 43.7 Å². The van der Waals surface area contributed by atoms with E-state index in [2.05, 4.69) is 20.5 Å². The molecule has 1 heterocycles. The summed E-state index contributed by atoms with van der Waals surface area (Å²) in [5.41, 5.74) is 0.224. The molecule has 3 rings (SSSR count). The first-order valence-corrected chi connectivity index (χ1v) is 10.9. The van der Waals surface area contributed by atoms with Crippen molar-refractivity contribution in [3.05, 3.63) is 60.2 Å². The summed E-state index contributed by atoms with van der Waals surface area (Å²) in [6.45, 7) is 9.34. The molecule has 2 aromatic carbocycles. The van der Waals surface area contributed by atoms with E-state index in [1.54, 1.807) is 0 Å². The number of hydrogen-bond acceptors (Lipinski definition) is 5. The highest BCUT2D eigenvalue weighted by Gasteiger charge is 2.25. The van der Waals surface area contributed by atoms with Crippen LogP contribution >= 0.6 is 0 Å². The molecule has 1 aliphatic heterocycles. The number of para-hydroxylation sites is 1. The molecule has 1 fully saturated rings. The first-order valence-electron chi connectivity index (χ1n) is 10.9. The van der Waals surface area contributed by atoms with Crippen LogP contribution in [0.2, 0.25) is 0 Å². The molecule has 0 bridgehead atoms. The molecule has 0 amide bonds. The van der Waals surface area contributed by atoms with Crippen molar-refractivity contribution in [3.63, 3.8) is 0 Å². The number of rotatable bonds is 9. The van der Waals surface area contributed by atoms with Crippen LogP contribution in [0.5, 0.6) is 11.5 Å². The molecule has 0 spiro atoms. The van der Waals surface area contributed by atoms with Crippen molar-refractivity contribution in [2.24, 2.45) is 4.99 Å². The van der Waals surface area contributed by atoms with Gasteiger partial charge in [-0.2, -0.15) is 0 Å². The minimum atomic E-state index is -0.857. The zero-order valence-corrected chi connectivity index (χ0v) is 18.5. The molecule has 0 saturated carbocycles. The number of aliphatic hydroxyl groups is 1. The van der Waals surface area contributed by atoms with Gasteiger partial charge in [0.1, 0.15) is 11.5 Å². The summed E-state index contributed by atoms with van der Waals surface area (Å²) in [5, 5.41) is 17.3. The number of hydrogen-bond donors (Lipinski definition) is 3. The van der Waals surface area contributed by atoms with Gasteiger partial charge >= 0.3 is 0 Å². The van der Waals surface area contributed by atoms with Gasteiger partial charge in [0.05, 0.1) is 25.4 Å². The van der Waals surface area contributed by atoms with E-state index in [9.17, 15) is 5.11 Å². The van der Waals surface area contributed by atoms with Gasteiger partial charge in [-0.15, -0.1) is 0 Å². The molecule has 3 N–H and O–H groups in total. The Labute approximate surface area is 185 Å². The standard InChI is InChI=1S/C24H34N4O3/c1-3-25-23(27-18-24(2,29)19-28-13-15-30-16-14-28)26-17-20-9-11-22(12-10-20)31-21-7-5-4-6-8-21/h4-12,29H,3,13-19H2,1-2H3,(H2,25,26,27). The quantitative estimate of drug-likeness (QED) is 0.423. The van der Waals surface area contributed by atoms with Crippen molar-refractivity contribution in [2.75, 3.05) is 45.9 Å². The molecule has 0 aromatic heterocycles. The fourth-order valence-electron chi connectivity index (χ4n) is 3.37. The Hall–Kier alpha value is -2.61. The van der Waals surface area contributed by atoms with Crippen LogP contribution < -0.4 is 15.4 Å². The number of guanidine groups is 1. The van der Waals surface area contributed by atoms with E-state index in [0.717, 1.165) is 49.9 Å². The lowest BCUT2D eigenvalue weighted by molar-refractivity contribution is -0.0201. The van der Waals surface area contributed by atoms with Crippen molar-refractivity contribution in [1.82, 2.24) is 15.5 Å². The molecular weight excluding hydrogens is 392 g/mol. The summed E-state index contributed by atoms with van der Waals surface area (Å²) in [5.74, 6) is 2.30. The molecule has 0 radical (unpaired) electrons. The summed E-state index contributed by atoms with van der Waals surface area (Å²) < 4.78 is 11.2. The Morgan fingerprint density at radius 3 is 2.42 bits per heavy atom. The first-order chi connectivity index (χ1) is 15.0. The van der Waals surface area contributed by atoms with Gasteiger partial charge in [0.25, 0.3) is 0 Å². The fourth-order valence-corrected chi connectivity index (χ4v) is 3.37. The summed E-state index contributed by atoms with van der Waals surface area (Å²) in [4.78, 5) is 6.89. The van der Waals surface area contributed by atoms with Gasteiger partial charge in [-0.3, -0.25) is 4.90 Å². The SMILES string of the molecule is CCNC(=NCc1ccc(Oc2ccccc2)cc1)NCC(C)(O)CN1CCOCC1. The van der Waals surface area contributed by atoms with E-state index in [1.165, 1.54) is 0 Å². The first kappa shape index (κ1) is 23.1. The van der Waals surface area contributed by atoms with Crippen molar-refractivity contribution < 1.29 is 14.6 Å². The van der Waals surface area contributed by atoms with Crippen LogP contribution in [0.25, 0.3) is 0 Å². The molecule has 2 aromatic rings. The lowest BCUT2D eigenvalue weighted by atomic mass is 10.1. The topological polar surface area (TPSA) is 78.4 Å². The van der Waals surface area contributed by atoms with Gasteiger partial charge in [-0.1, -0.05) is 30.3 Å². The second kappa shape index (κ2) is 11.7. The molecular formula is C24H34N4O3. The van der Waals surface area contributed by atoms with E-state index < -0.39 is 5.60 Å². The molecule has 1 saturated heterocycles. The Morgan fingerprint density at radius 2 is 1.74 bits per heavy atom. The van der Waals surface area contributed by atoms with E-state index >= 15 is 0 Å². The second-order valence-corrected chi connectivity index (χ2v) is 7.99. The van der Waals surface area contributed by atoms with Crippen LogP contribution in [0.4, 0.5) is 0 Å². The van der Waals surface area contributed by atoms with E-state index in [0.29, 0.717) is 25.6 Å². The van der Waals surface area contributed by atoms with Crippen molar-refractivity contribution >= 4 is 5.96 Å². The molecule has 0 aliphatic carbocycles. The number of aliphatic imine (C=N–C) groups is 1. The highest BCUT2D eigenvalue weighted by atomic mass is 16.5. The van der Waals surface area contributed by atoms with E-state index in [4.69, 9.17) is 9.47 Å². The van der Waals surface area contributed by atoms with E-state index in [-0.39, 0.29) is 0 Å². The minimum absolute atomic E-state index is 0.417. The van der Waals surface area contributed by atoms with Crippen LogP contribution in [0.15, 0.2) is 59.6 Å². The Morgan fingerprint density at radius 1 is 1.06 bits per heavy atom. The molecule has 31 heavy (non-hydrogen) atoms. The fraction of sp³-hybridized carbons (Fsp3) is 0.458. The summed E-state index contributed by atoms with van der Waals surface area (Å²) >= 11 is 0. The number of benzene rings is 2. The third-order valence-electron chi connectivity index (χ3n) is 4.97. The predicted molar refractivity (Wildman–Crippen MR) is 124 cm³/mol. The minimum Gasteiger partial charge on any atom is -0.457 e. The summed E-state index contributed by atoms with van der Waals surface area (Å²) in [6, 6.07) is 17.7. The Kier molecular flexibility index (Phi) is 8.70. The van der Waals surface area contributed by atoms with Crippen LogP contribution in [0, 0.1) is 0 Å². The average molecular weight is 427 g/mol. The number of nitrogens with zero attached hydrogens (tertiary/aromatic N) is 2. The Bertz CT molecular complexity index is 803. The second-order valence-electron chi connectivity index (χ2n) is 7.99. The number of ether oxygens (including phenoxy) is 2. The molecule has 1 unspecified atom stereocenters. The molecule has 7 nitrogen and oxygen atoms in total. The highest BCUT2D eigenvalue weighted by molar-refractivity contribution is 5.79.